The normalized spacial score (nSPS) is 10.6. The first-order chi connectivity index (χ1) is 8.24. The molecule has 0 aliphatic heterocycles. The number of thiazole rings is 1. The summed E-state index contributed by atoms with van der Waals surface area (Å²) < 4.78 is 1.89. The summed E-state index contributed by atoms with van der Waals surface area (Å²) >= 11 is 1.42. The van der Waals surface area contributed by atoms with Crippen LogP contribution in [0.25, 0.3) is 10.6 Å². The number of aromatic carboxylic acids is 1. The van der Waals surface area contributed by atoms with E-state index in [1.807, 2.05) is 4.57 Å². The lowest BCUT2D eigenvalue weighted by Gasteiger charge is -2.05. The van der Waals surface area contributed by atoms with Crippen molar-refractivity contribution in [1.82, 2.24) is 14.5 Å². The average molecular weight is 251 g/mol. The van der Waals surface area contributed by atoms with Crippen LogP contribution in [0.3, 0.4) is 0 Å². The Balaban J connectivity index is 2.44. The van der Waals surface area contributed by atoms with Crippen molar-refractivity contribution in [1.29, 1.82) is 0 Å². The van der Waals surface area contributed by atoms with Crippen LogP contribution in [-0.4, -0.2) is 25.6 Å². The maximum absolute atomic E-state index is 11.1. The first-order valence-electron chi connectivity index (χ1n) is 5.41. The topological polar surface area (TPSA) is 68.0 Å². The highest BCUT2D eigenvalue weighted by molar-refractivity contribution is 7.13. The van der Waals surface area contributed by atoms with E-state index < -0.39 is 5.97 Å². The average Bonchev–Trinajstić information content (AvgIpc) is 2.94. The SMILES string of the molecule is CCCCn1cnc(C(=O)O)c1-c1cncs1. The molecule has 0 amide bonds. The van der Waals surface area contributed by atoms with Gasteiger partial charge in [-0.3, -0.25) is 4.98 Å². The number of aryl methyl sites for hydroxylation is 1. The minimum Gasteiger partial charge on any atom is -0.476 e. The Morgan fingerprint density at radius 1 is 1.59 bits per heavy atom. The second kappa shape index (κ2) is 5.09. The van der Waals surface area contributed by atoms with E-state index in [-0.39, 0.29) is 5.69 Å². The first kappa shape index (κ1) is 11.8. The lowest BCUT2D eigenvalue weighted by Crippen LogP contribution is -2.03. The van der Waals surface area contributed by atoms with Crippen molar-refractivity contribution in [3.8, 4) is 10.6 Å². The van der Waals surface area contributed by atoms with E-state index in [1.54, 1.807) is 18.0 Å². The Morgan fingerprint density at radius 3 is 3.00 bits per heavy atom. The Bertz CT molecular complexity index is 505. The summed E-state index contributed by atoms with van der Waals surface area (Å²) in [6.45, 7) is 2.88. The standard InChI is InChI=1S/C11H13N3O2S/c1-2-3-4-14-6-13-9(11(15)16)10(14)8-5-12-7-17-8/h5-7H,2-4H2,1H3,(H,15,16). The molecule has 2 heterocycles. The van der Waals surface area contributed by atoms with Crippen molar-refractivity contribution in [3.63, 3.8) is 0 Å². The summed E-state index contributed by atoms with van der Waals surface area (Å²) in [5.74, 6) is -0.997. The lowest BCUT2D eigenvalue weighted by atomic mass is 10.2. The molecule has 0 saturated heterocycles. The molecule has 2 rings (SSSR count). The van der Waals surface area contributed by atoms with Gasteiger partial charge in [-0.1, -0.05) is 13.3 Å². The molecule has 0 aliphatic carbocycles. The number of aromatic nitrogens is 3. The van der Waals surface area contributed by atoms with Gasteiger partial charge in [-0.15, -0.1) is 11.3 Å². The van der Waals surface area contributed by atoms with Crippen LogP contribution in [0, 0.1) is 0 Å². The van der Waals surface area contributed by atoms with Gasteiger partial charge in [0.25, 0.3) is 0 Å². The van der Waals surface area contributed by atoms with E-state index in [2.05, 4.69) is 16.9 Å². The third-order valence-corrected chi connectivity index (χ3v) is 3.24. The molecule has 0 aromatic carbocycles. The van der Waals surface area contributed by atoms with E-state index in [9.17, 15) is 4.79 Å². The van der Waals surface area contributed by atoms with Crippen LogP contribution >= 0.6 is 11.3 Å². The van der Waals surface area contributed by atoms with Gasteiger partial charge < -0.3 is 9.67 Å². The van der Waals surface area contributed by atoms with Gasteiger partial charge >= 0.3 is 5.97 Å². The Hall–Kier alpha value is -1.69. The zero-order valence-corrected chi connectivity index (χ0v) is 10.3. The molecule has 0 atom stereocenters. The summed E-state index contributed by atoms with van der Waals surface area (Å²) in [5, 5.41) is 9.11. The lowest BCUT2D eigenvalue weighted by molar-refractivity contribution is 0.0692. The molecule has 5 nitrogen and oxygen atoms in total. The number of hydrogen-bond donors (Lipinski definition) is 1. The van der Waals surface area contributed by atoms with Gasteiger partial charge in [0.15, 0.2) is 5.69 Å². The number of nitrogens with zero attached hydrogens (tertiary/aromatic N) is 3. The predicted molar refractivity (Wildman–Crippen MR) is 65.2 cm³/mol. The predicted octanol–water partition coefficient (Wildman–Crippen LogP) is 2.50. The fraction of sp³-hybridized carbons (Fsp3) is 0.364. The third-order valence-electron chi connectivity index (χ3n) is 2.46. The maximum Gasteiger partial charge on any atom is 0.356 e. The number of carboxylic acid groups (broad SMARTS) is 1. The van der Waals surface area contributed by atoms with Crippen LogP contribution in [0.5, 0.6) is 0 Å². The highest BCUT2D eigenvalue weighted by Crippen LogP contribution is 2.27. The molecule has 6 heteroatoms. The van der Waals surface area contributed by atoms with E-state index in [4.69, 9.17) is 5.11 Å². The molecule has 17 heavy (non-hydrogen) atoms. The first-order valence-corrected chi connectivity index (χ1v) is 6.29. The molecule has 0 saturated carbocycles. The van der Waals surface area contributed by atoms with Crippen molar-refractivity contribution in [2.45, 2.75) is 26.3 Å². The molecule has 90 valence electrons. The molecular weight excluding hydrogens is 238 g/mol. The molecule has 2 aromatic heterocycles. The van der Waals surface area contributed by atoms with Crippen LogP contribution in [0.2, 0.25) is 0 Å². The smallest absolute Gasteiger partial charge is 0.356 e. The Morgan fingerprint density at radius 2 is 2.41 bits per heavy atom. The van der Waals surface area contributed by atoms with Crippen molar-refractivity contribution in [2.75, 3.05) is 0 Å². The van der Waals surface area contributed by atoms with Gasteiger partial charge in [-0.25, -0.2) is 9.78 Å². The second-order valence-electron chi connectivity index (χ2n) is 3.66. The van der Waals surface area contributed by atoms with Crippen molar-refractivity contribution < 1.29 is 9.90 Å². The Labute approximate surface area is 103 Å². The highest BCUT2D eigenvalue weighted by Gasteiger charge is 2.19. The number of unbranched alkanes of at least 4 members (excludes halogenated alkanes) is 1. The molecule has 1 N–H and O–H groups in total. The minimum atomic E-state index is -0.997. The quantitative estimate of drug-likeness (QED) is 0.886. The molecule has 0 radical (unpaired) electrons. The van der Waals surface area contributed by atoms with Crippen LogP contribution in [0.15, 0.2) is 18.0 Å². The molecule has 0 bridgehead atoms. The molecule has 0 spiro atoms. The van der Waals surface area contributed by atoms with Crippen LogP contribution in [-0.2, 0) is 6.54 Å². The van der Waals surface area contributed by atoms with Crippen LogP contribution < -0.4 is 0 Å². The largest absolute Gasteiger partial charge is 0.476 e. The number of carboxylic acids is 1. The number of carbonyl (C=O) groups is 1. The molecule has 0 fully saturated rings. The second-order valence-corrected chi connectivity index (χ2v) is 4.55. The highest BCUT2D eigenvalue weighted by atomic mass is 32.1. The van der Waals surface area contributed by atoms with E-state index >= 15 is 0 Å². The summed E-state index contributed by atoms with van der Waals surface area (Å²) in [7, 11) is 0. The number of rotatable bonds is 5. The molecule has 0 unspecified atom stereocenters. The molecular formula is C11H13N3O2S. The zero-order chi connectivity index (χ0) is 12.3. The van der Waals surface area contributed by atoms with Gasteiger partial charge in [0.1, 0.15) is 0 Å². The maximum atomic E-state index is 11.1. The van der Waals surface area contributed by atoms with Crippen LogP contribution in [0.1, 0.15) is 30.3 Å². The van der Waals surface area contributed by atoms with Gasteiger partial charge in [0, 0.05) is 12.7 Å². The van der Waals surface area contributed by atoms with E-state index in [0.29, 0.717) is 5.69 Å². The summed E-state index contributed by atoms with van der Waals surface area (Å²) in [4.78, 5) is 19.9. The summed E-state index contributed by atoms with van der Waals surface area (Å²) in [5.41, 5.74) is 2.46. The minimum absolute atomic E-state index is 0.102. The Kier molecular flexibility index (Phi) is 3.53. The third kappa shape index (κ3) is 2.36. The van der Waals surface area contributed by atoms with Gasteiger partial charge in [0.05, 0.1) is 22.4 Å². The number of imidazole rings is 1. The van der Waals surface area contributed by atoms with Gasteiger partial charge in [-0.05, 0) is 6.42 Å². The fourth-order valence-corrected chi connectivity index (χ4v) is 2.31. The summed E-state index contributed by atoms with van der Waals surface area (Å²) in [6, 6.07) is 0. The molecule has 0 aliphatic rings. The van der Waals surface area contributed by atoms with Crippen molar-refractivity contribution >= 4 is 17.3 Å². The van der Waals surface area contributed by atoms with Crippen LogP contribution in [0.4, 0.5) is 0 Å². The van der Waals surface area contributed by atoms with Gasteiger partial charge in [-0.2, -0.15) is 0 Å². The van der Waals surface area contributed by atoms with Gasteiger partial charge in [0.2, 0.25) is 0 Å². The monoisotopic (exact) mass is 251 g/mol. The van der Waals surface area contributed by atoms with E-state index in [0.717, 1.165) is 24.3 Å². The molecule has 2 aromatic rings. The fourth-order valence-electron chi connectivity index (χ4n) is 1.63. The van der Waals surface area contributed by atoms with Crippen molar-refractivity contribution in [3.05, 3.63) is 23.7 Å². The number of hydrogen-bond acceptors (Lipinski definition) is 4. The van der Waals surface area contributed by atoms with E-state index in [1.165, 1.54) is 11.3 Å². The van der Waals surface area contributed by atoms with Crippen molar-refractivity contribution in [2.24, 2.45) is 0 Å². The zero-order valence-electron chi connectivity index (χ0n) is 9.46. The summed E-state index contributed by atoms with van der Waals surface area (Å²) in [6.07, 6.45) is 5.33.